The molecule has 2 aliphatic carbocycles. The summed E-state index contributed by atoms with van der Waals surface area (Å²) < 4.78 is 5.32. The molecule has 1 saturated carbocycles. The zero-order chi connectivity index (χ0) is 14.6. The zero-order valence-electron chi connectivity index (χ0n) is 12.5. The topological polar surface area (TPSA) is 55.4 Å². The molecule has 112 valence electrons. The van der Waals surface area contributed by atoms with Crippen molar-refractivity contribution in [3.63, 3.8) is 0 Å². The van der Waals surface area contributed by atoms with Gasteiger partial charge in [0.1, 0.15) is 12.4 Å². The van der Waals surface area contributed by atoms with Gasteiger partial charge in [-0.25, -0.2) is 4.79 Å². The van der Waals surface area contributed by atoms with E-state index in [2.05, 4.69) is 24.4 Å². The fourth-order valence-electron chi connectivity index (χ4n) is 3.44. The molecule has 0 aromatic rings. The van der Waals surface area contributed by atoms with Crippen LogP contribution in [0.3, 0.4) is 0 Å². The number of fused-ring (bicyclic) bond motifs is 2. The summed E-state index contributed by atoms with van der Waals surface area (Å²) in [4.78, 5) is 23.7. The molecule has 0 aliphatic heterocycles. The lowest BCUT2D eigenvalue weighted by Crippen LogP contribution is -2.40. The van der Waals surface area contributed by atoms with Gasteiger partial charge in [0.15, 0.2) is 0 Å². The predicted octanol–water partition coefficient (Wildman–Crippen LogP) is 3.07. The van der Waals surface area contributed by atoms with Crippen LogP contribution >= 0.6 is 0 Å². The number of ether oxygens (including phenoxy) is 1. The molecule has 0 saturated heterocycles. The SMILES string of the molecule is CCCCCNC(=O)OC[C@]1(C(C)=O)C[C@@H]2C=C[C@H]1C2. The van der Waals surface area contributed by atoms with Crippen LogP contribution in [0.4, 0.5) is 4.79 Å². The van der Waals surface area contributed by atoms with Crippen LogP contribution in [0.1, 0.15) is 46.0 Å². The Hall–Kier alpha value is -1.32. The van der Waals surface area contributed by atoms with Crippen LogP contribution in [0.15, 0.2) is 12.2 Å². The number of hydrogen-bond donors (Lipinski definition) is 1. The van der Waals surface area contributed by atoms with E-state index in [0.717, 1.165) is 32.1 Å². The second kappa shape index (κ2) is 6.42. The molecule has 20 heavy (non-hydrogen) atoms. The van der Waals surface area contributed by atoms with Gasteiger partial charge in [0.05, 0.1) is 5.41 Å². The summed E-state index contributed by atoms with van der Waals surface area (Å²) >= 11 is 0. The molecule has 0 unspecified atom stereocenters. The molecule has 3 atom stereocenters. The molecule has 4 heteroatoms. The van der Waals surface area contributed by atoms with Crippen molar-refractivity contribution in [1.29, 1.82) is 0 Å². The number of alkyl carbamates (subject to hydrolysis) is 1. The van der Waals surface area contributed by atoms with Crippen molar-refractivity contribution < 1.29 is 14.3 Å². The Morgan fingerprint density at radius 2 is 2.15 bits per heavy atom. The fourth-order valence-corrected chi connectivity index (χ4v) is 3.44. The van der Waals surface area contributed by atoms with Gasteiger partial charge in [0, 0.05) is 6.54 Å². The molecule has 2 bridgehead atoms. The van der Waals surface area contributed by atoms with E-state index in [1.165, 1.54) is 0 Å². The molecule has 1 fully saturated rings. The fraction of sp³-hybridized carbons (Fsp3) is 0.750. The molecule has 0 heterocycles. The molecule has 2 rings (SSSR count). The van der Waals surface area contributed by atoms with E-state index in [1.54, 1.807) is 6.92 Å². The minimum Gasteiger partial charge on any atom is -0.448 e. The Balaban J connectivity index is 1.81. The number of nitrogens with one attached hydrogen (secondary N) is 1. The van der Waals surface area contributed by atoms with Crippen molar-refractivity contribution >= 4 is 11.9 Å². The van der Waals surface area contributed by atoms with E-state index in [0.29, 0.717) is 12.5 Å². The Labute approximate surface area is 120 Å². The van der Waals surface area contributed by atoms with E-state index in [4.69, 9.17) is 4.74 Å². The Bertz CT molecular complexity index is 405. The molecular formula is C16H25NO3. The normalized spacial score (nSPS) is 30.5. The van der Waals surface area contributed by atoms with Gasteiger partial charge in [0.2, 0.25) is 0 Å². The van der Waals surface area contributed by atoms with Gasteiger partial charge in [-0.2, -0.15) is 0 Å². The molecule has 1 N–H and O–H groups in total. The summed E-state index contributed by atoms with van der Waals surface area (Å²) in [7, 11) is 0. The number of ketones is 1. The van der Waals surface area contributed by atoms with Crippen molar-refractivity contribution in [3.8, 4) is 0 Å². The second-order valence-electron chi connectivity index (χ2n) is 6.11. The van der Waals surface area contributed by atoms with Crippen LogP contribution in [0.5, 0.6) is 0 Å². The second-order valence-corrected chi connectivity index (χ2v) is 6.11. The first-order valence-electron chi connectivity index (χ1n) is 7.68. The molecule has 0 radical (unpaired) electrons. The van der Waals surface area contributed by atoms with Crippen LogP contribution in [0.2, 0.25) is 0 Å². The summed E-state index contributed by atoms with van der Waals surface area (Å²) in [5, 5.41) is 2.75. The highest BCUT2D eigenvalue weighted by atomic mass is 16.5. The van der Waals surface area contributed by atoms with E-state index in [9.17, 15) is 9.59 Å². The minimum absolute atomic E-state index is 0.146. The van der Waals surface area contributed by atoms with Crippen LogP contribution in [-0.2, 0) is 9.53 Å². The van der Waals surface area contributed by atoms with E-state index < -0.39 is 11.5 Å². The van der Waals surface area contributed by atoms with Gasteiger partial charge in [-0.15, -0.1) is 0 Å². The Morgan fingerprint density at radius 3 is 2.70 bits per heavy atom. The van der Waals surface area contributed by atoms with Gasteiger partial charge >= 0.3 is 6.09 Å². The summed E-state index contributed by atoms with van der Waals surface area (Å²) in [5.74, 6) is 0.881. The van der Waals surface area contributed by atoms with E-state index >= 15 is 0 Å². The number of amides is 1. The maximum atomic E-state index is 12.0. The van der Waals surface area contributed by atoms with E-state index in [-0.39, 0.29) is 18.3 Å². The lowest BCUT2D eigenvalue weighted by molar-refractivity contribution is -0.130. The van der Waals surface area contributed by atoms with Crippen molar-refractivity contribution in [2.75, 3.05) is 13.2 Å². The summed E-state index contributed by atoms with van der Waals surface area (Å²) in [5.41, 5.74) is -0.472. The average Bonchev–Trinajstić information content (AvgIpc) is 3.02. The monoisotopic (exact) mass is 279 g/mol. The average molecular weight is 279 g/mol. The van der Waals surface area contributed by atoms with Crippen LogP contribution in [-0.4, -0.2) is 25.0 Å². The zero-order valence-corrected chi connectivity index (χ0v) is 12.5. The van der Waals surface area contributed by atoms with Crippen molar-refractivity contribution in [2.45, 2.75) is 46.0 Å². The summed E-state index contributed by atoms with van der Waals surface area (Å²) in [6.07, 6.45) is 8.97. The van der Waals surface area contributed by atoms with Crippen molar-refractivity contribution in [2.24, 2.45) is 17.3 Å². The highest BCUT2D eigenvalue weighted by Crippen LogP contribution is 2.52. The van der Waals surface area contributed by atoms with Gasteiger partial charge in [-0.05, 0) is 38.0 Å². The number of rotatable bonds is 7. The third-order valence-electron chi connectivity index (χ3n) is 4.72. The first kappa shape index (κ1) is 15.1. The molecule has 1 amide bonds. The number of carbonyl (C=O) groups is 2. The quantitative estimate of drug-likeness (QED) is 0.575. The number of carbonyl (C=O) groups excluding carboxylic acids is 2. The van der Waals surface area contributed by atoms with Gasteiger partial charge in [-0.3, -0.25) is 4.79 Å². The highest BCUT2D eigenvalue weighted by Gasteiger charge is 2.52. The smallest absolute Gasteiger partial charge is 0.407 e. The van der Waals surface area contributed by atoms with Crippen LogP contribution < -0.4 is 5.32 Å². The first-order chi connectivity index (χ1) is 9.58. The molecule has 0 spiro atoms. The number of Topliss-reactive ketones (excluding diaryl/α,β-unsaturated/α-hetero) is 1. The molecular weight excluding hydrogens is 254 g/mol. The van der Waals surface area contributed by atoms with Crippen LogP contribution in [0.25, 0.3) is 0 Å². The van der Waals surface area contributed by atoms with Gasteiger partial charge < -0.3 is 10.1 Å². The standard InChI is InChI=1S/C16H25NO3/c1-3-4-5-8-17-15(19)20-11-16(12(2)18)10-13-6-7-14(16)9-13/h6-7,13-14H,3-5,8-11H2,1-2H3,(H,17,19)/t13-,14+,16+/m1/s1. The number of unbranched alkanes of at least 4 members (excludes halogenated alkanes) is 2. The van der Waals surface area contributed by atoms with E-state index in [1.807, 2.05) is 0 Å². The number of hydrogen-bond acceptors (Lipinski definition) is 3. The van der Waals surface area contributed by atoms with Gasteiger partial charge in [-0.1, -0.05) is 31.9 Å². The number of allylic oxidation sites excluding steroid dienone is 2. The van der Waals surface area contributed by atoms with Crippen molar-refractivity contribution in [3.05, 3.63) is 12.2 Å². The summed E-state index contributed by atoms with van der Waals surface area (Å²) in [6.45, 7) is 4.60. The first-order valence-corrected chi connectivity index (χ1v) is 7.68. The maximum Gasteiger partial charge on any atom is 0.407 e. The van der Waals surface area contributed by atoms with Crippen molar-refractivity contribution in [1.82, 2.24) is 5.32 Å². The Kier molecular flexibility index (Phi) is 4.84. The largest absolute Gasteiger partial charge is 0.448 e. The molecule has 0 aromatic carbocycles. The lowest BCUT2D eigenvalue weighted by atomic mass is 9.73. The third kappa shape index (κ3) is 3.05. The highest BCUT2D eigenvalue weighted by molar-refractivity contribution is 5.84. The van der Waals surface area contributed by atoms with Crippen LogP contribution in [0, 0.1) is 17.3 Å². The summed E-state index contributed by atoms with van der Waals surface area (Å²) in [6, 6.07) is 0. The molecule has 2 aliphatic rings. The Morgan fingerprint density at radius 1 is 1.35 bits per heavy atom. The predicted molar refractivity (Wildman–Crippen MR) is 77.3 cm³/mol. The third-order valence-corrected chi connectivity index (χ3v) is 4.72. The lowest BCUT2D eigenvalue weighted by Gasteiger charge is -2.32. The molecule has 4 nitrogen and oxygen atoms in total. The minimum atomic E-state index is -0.472. The van der Waals surface area contributed by atoms with Gasteiger partial charge in [0.25, 0.3) is 0 Å². The maximum absolute atomic E-state index is 12.0. The molecule has 0 aromatic heterocycles.